The number of aliphatic carboxylic acids is 1. The van der Waals surface area contributed by atoms with Crippen LogP contribution in [0.1, 0.15) is 12.5 Å². The number of rotatable bonds is 1. The number of carboxylic acids is 1. The molecule has 0 radical (unpaired) electrons. The van der Waals surface area contributed by atoms with E-state index in [1.54, 1.807) is 0 Å². The molecule has 3 nitrogen and oxygen atoms in total. The van der Waals surface area contributed by atoms with Crippen LogP contribution < -0.4 is 4.74 Å². The fraction of sp³-hybridized carbons (Fsp3) is 0.250. The Morgan fingerprint density at radius 1 is 1.53 bits per heavy atom. The first-order valence-corrected chi connectivity index (χ1v) is 4.85. The van der Waals surface area contributed by atoms with Crippen LogP contribution in [0.3, 0.4) is 0 Å². The van der Waals surface area contributed by atoms with Crippen LogP contribution >= 0.6 is 0 Å². The second-order valence-corrected chi connectivity index (χ2v) is 3.65. The van der Waals surface area contributed by atoms with Crippen LogP contribution in [-0.4, -0.2) is 17.7 Å². The van der Waals surface area contributed by atoms with Gasteiger partial charge in [0.1, 0.15) is 5.75 Å². The lowest BCUT2D eigenvalue weighted by Crippen LogP contribution is -2.17. The minimum absolute atomic E-state index is 0.121. The molecule has 1 aromatic carbocycles. The van der Waals surface area contributed by atoms with Gasteiger partial charge in [0, 0.05) is 17.6 Å². The quantitative estimate of drug-likeness (QED) is 0.713. The van der Waals surface area contributed by atoms with E-state index in [1.807, 2.05) is 31.2 Å². The molecular formula is C12H12O3. The highest BCUT2D eigenvalue weighted by atomic mass is 16.5. The van der Waals surface area contributed by atoms with Crippen molar-refractivity contribution in [2.75, 3.05) is 6.61 Å². The third-order valence-corrected chi connectivity index (χ3v) is 2.50. The molecule has 1 aliphatic rings. The fourth-order valence-corrected chi connectivity index (χ4v) is 1.75. The maximum Gasteiger partial charge on any atom is 0.328 e. The lowest BCUT2D eigenvalue weighted by molar-refractivity contribution is -0.131. The maximum absolute atomic E-state index is 10.7. The Labute approximate surface area is 88.0 Å². The summed E-state index contributed by atoms with van der Waals surface area (Å²) >= 11 is 0. The molecule has 0 fully saturated rings. The summed E-state index contributed by atoms with van der Waals surface area (Å²) < 4.78 is 5.51. The molecule has 2 rings (SSSR count). The van der Waals surface area contributed by atoms with Crippen molar-refractivity contribution in [3.05, 3.63) is 35.9 Å². The summed E-state index contributed by atoms with van der Waals surface area (Å²) in [7, 11) is 0. The monoisotopic (exact) mass is 204 g/mol. The summed E-state index contributed by atoms with van der Waals surface area (Å²) in [5, 5.41) is 8.79. The number of carbonyl (C=O) groups is 1. The van der Waals surface area contributed by atoms with Crippen molar-refractivity contribution in [3.8, 4) is 5.75 Å². The van der Waals surface area contributed by atoms with Gasteiger partial charge in [-0.25, -0.2) is 4.79 Å². The first kappa shape index (κ1) is 9.77. The number of fused-ring (bicyclic) bond motifs is 1. The first-order valence-electron chi connectivity index (χ1n) is 4.85. The van der Waals surface area contributed by atoms with Gasteiger partial charge in [0.2, 0.25) is 0 Å². The molecule has 3 heteroatoms. The van der Waals surface area contributed by atoms with E-state index in [2.05, 4.69) is 0 Å². The van der Waals surface area contributed by atoms with Gasteiger partial charge in [-0.2, -0.15) is 0 Å². The number of hydrogen-bond acceptors (Lipinski definition) is 2. The standard InChI is InChI=1S/C12H12O3/c1-8-7-15-11-5-3-2-4-9(11)10(8)6-12(13)14/h2-6,8H,7H2,1H3,(H,13,14)/b10-6-. The molecule has 1 atom stereocenters. The Kier molecular flexibility index (Phi) is 2.46. The minimum Gasteiger partial charge on any atom is -0.492 e. The van der Waals surface area contributed by atoms with E-state index in [4.69, 9.17) is 9.84 Å². The summed E-state index contributed by atoms with van der Waals surface area (Å²) in [5.41, 5.74) is 1.73. The van der Waals surface area contributed by atoms with E-state index in [1.165, 1.54) is 6.08 Å². The Bertz CT molecular complexity index is 421. The highest BCUT2D eigenvalue weighted by molar-refractivity contribution is 5.91. The van der Waals surface area contributed by atoms with Gasteiger partial charge in [-0.1, -0.05) is 25.1 Å². The third-order valence-electron chi connectivity index (χ3n) is 2.50. The van der Waals surface area contributed by atoms with Crippen LogP contribution in [-0.2, 0) is 4.79 Å². The lowest BCUT2D eigenvalue weighted by atomic mass is 9.91. The Morgan fingerprint density at radius 3 is 3.00 bits per heavy atom. The summed E-state index contributed by atoms with van der Waals surface area (Å²) in [4.78, 5) is 10.7. The predicted octanol–water partition coefficient (Wildman–Crippen LogP) is 2.18. The summed E-state index contributed by atoms with van der Waals surface area (Å²) in [5.74, 6) is -0.0207. The highest BCUT2D eigenvalue weighted by Gasteiger charge is 2.21. The molecule has 0 saturated carbocycles. The normalized spacial score (nSPS) is 21.9. The number of benzene rings is 1. The van der Waals surface area contributed by atoms with Gasteiger partial charge in [-0.05, 0) is 11.6 Å². The van der Waals surface area contributed by atoms with Crippen LogP contribution in [0.4, 0.5) is 0 Å². The molecule has 0 aliphatic carbocycles. The summed E-state index contributed by atoms with van der Waals surface area (Å²) in [6, 6.07) is 7.51. The van der Waals surface area contributed by atoms with Crippen molar-refractivity contribution < 1.29 is 14.6 Å². The average molecular weight is 204 g/mol. The molecule has 1 aliphatic heterocycles. The largest absolute Gasteiger partial charge is 0.492 e. The average Bonchev–Trinajstić information content (AvgIpc) is 2.22. The molecule has 1 aromatic rings. The van der Waals surface area contributed by atoms with E-state index in [-0.39, 0.29) is 5.92 Å². The van der Waals surface area contributed by atoms with Crippen LogP contribution in [0.2, 0.25) is 0 Å². The van der Waals surface area contributed by atoms with Crippen molar-refractivity contribution >= 4 is 11.5 Å². The smallest absolute Gasteiger partial charge is 0.328 e. The predicted molar refractivity (Wildman–Crippen MR) is 56.7 cm³/mol. The van der Waals surface area contributed by atoms with Gasteiger partial charge in [0.05, 0.1) is 6.61 Å². The SMILES string of the molecule is CC1COc2ccccc2/C1=C\C(=O)O. The van der Waals surface area contributed by atoms with Gasteiger partial charge in [0.25, 0.3) is 0 Å². The number of ether oxygens (including phenoxy) is 1. The summed E-state index contributed by atoms with van der Waals surface area (Å²) in [6.07, 6.45) is 1.27. The Balaban J connectivity index is 2.50. The lowest BCUT2D eigenvalue weighted by Gasteiger charge is -2.25. The van der Waals surface area contributed by atoms with Crippen LogP contribution in [0.15, 0.2) is 30.3 Å². The Morgan fingerprint density at radius 2 is 2.27 bits per heavy atom. The van der Waals surface area contributed by atoms with E-state index in [0.29, 0.717) is 6.61 Å². The third kappa shape index (κ3) is 1.86. The van der Waals surface area contributed by atoms with Gasteiger partial charge in [-0.15, -0.1) is 0 Å². The van der Waals surface area contributed by atoms with Crippen molar-refractivity contribution in [1.29, 1.82) is 0 Å². The van der Waals surface area contributed by atoms with E-state index in [0.717, 1.165) is 16.9 Å². The maximum atomic E-state index is 10.7. The van der Waals surface area contributed by atoms with Crippen LogP contribution in [0.5, 0.6) is 5.75 Å². The topological polar surface area (TPSA) is 46.5 Å². The van der Waals surface area contributed by atoms with Crippen molar-refractivity contribution in [3.63, 3.8) is 0 Å². The van der Waals surface area contributed by atoms with Crippen LogP contribution in [0.25, 0.3) is 5.57 Å². The summed E-state index contributed by atoms with van der Waals surface area (Å²) in [6.45, 7) is 2.50. The van der Waals surface area contributed by atoms with Crippen LogP contribution in [0, 0.1) is 5.92 Å². The molecule has 1 unspecified atom stereocenters. The molecule has 0 amide bonds. The van der Waals surface area contributed by atoms with Crippen molar-refractivity contribution in [2.45, 2.75) is 6.92 Å². The van der Waals surface area contributed by atoms with Gasteiger partial charge in [0.15, 0.2) is 0 Å². The van der Waals surface area contributed by atoms with E-state index < -0.39 is 5.97 Å². The molecule has 1 heterocycles. The van der Waals surface area contributed by atoms with Gasteiger partial charge in [-0.3, -0.25) is 0 Å². The fourth-order valence-electron chi connectivity index (χ4n) is 1.75. The molecule has 0 saturated heterocycles. The molecule has 0 aromatic heterocycles. The van der Waals surface area contributed by atoms with E-state index >= 15 is 0 Å². The van der Waals surface area contributed by atoms with Gasteiger partial charge < -0.3 is 9.84 Å². The molecule has 0 bridgehead atoms. The Hall–Kier alpha value is -1.77. The minimum atomic E-state index is -0.909. The zero-order valence-electron chi connectivity index (χ0n) is 8.43. The highest BCUT2D eigenvalue weighted by Crippen LogP contribution is 2.35. The first-order chi connectivity index (χ1) is 7.18. The number of hydrogen-bond donors (Lipinski definition) is 1. The molecule has 0 spiro atoms. The second-order valence-electron chi connectivity index (χ2n) is 3.65. The molecule has 15 heavy (non-hydrogen) atoms. The number of para-hydroxylation sites is 1. The molecular weight excluding hydrogens is 192 g/mol. The van der Waals surface area contributed by atoms with Crippen molar-refractivity contribution in [2.24, 2.45) is 5.92 Å². The zero-order valence-corrected chi connectivity index (χ0v) is 8.43. The van der Waals surface area contributed by atoms with Crippen molar-refractivity contribution in [1.82, 2.24) is 0 Å². The molecule has 1 N–H and O–H groups in total. The zero-order chi connectivity index (χ0) is 10.8. The van der Waals surface area contributed by atoms with Gasteiger partial charge >= 0.3 is 5.97 Å². The molecule has 78 valence electrons. The van der Waals surface area contributed by atoms with E-state index in [9.17, 15) is 4.79 Å². The second kappa shape index (κ2) is 3.77. The number of carboxylic acid groups (broad SMARTS) is 1.